The largest absolute Gasteiger partial charge is 0.337 e. The van der Waals surface area contributed by atoms with E-state index in [1.807, 2.05) is 31.3 Å². The molecule has 1 fully saturated rings. The van der Waals surface area contributed by atoms with E-state index >= 15 is 0 Å². The molecule has 2 heterocycles. The Morgan fingerprint density at radius 3 is 2.88 bits per heavy atom. The molecule has 1 saturated carbocycles. The van der Waals surface area contributed by atoms with Crippen LogP contribution in [0.25, 0.3) is 0 Å². The van der Waals surface area contributed by atoms with Crippen LogP contribution in [0, 0.1) is 0 Å². The topological polar surface area (TPSA) is 51.0 Å². The lowest BCUT2D eigenvalue weighted by atomic mass is 9.63. The second kappa shape index (κ2) is 5.88. The van der Waals surface area contributed by atoms with E-state index < -0.39 is 5.41 Å². The summed E-state index contributed by atoms with van der Waals surface area (Å²) in [6.07, 6.45) is 4.94. The Labute approximate surface area is 146 Å². The second-order valence-corrected chi connectivity index (χ2v) is 7.33. The molecule has 1 aromatic heterocycles. The minimum Gasteiger partial charge on any atom is -0.337 e. The number of rotatable bonds is 4. The molecule has 4 rings (SSSR count). The normalized spacial score (nSPS) is 18.1. The predicted molar refractivity (Wildman–Crippen MR) is 91.8 cm³/mol. The van der Waals surface area contributed by atoms with Gasteiger partial charge in [0.1, 0.15) is 5.82 Å². The highest BCUT2D eigenvalue weighted by Crippen LogP contribution is 2.45. The fraction of sp³-hybridized carbons (Fsp3) is 0.500. The van der Waals surface area contributed by atoms with Crippen molar-refractivity contribution < 1.29 is 4.79 Å². The Morgan fingerprint density at radius 1 is 1.33 bits per heavy atom. The molecular formula is C18H21ClN4O. The van der Waals surface area contributed by atoms with Gasteiger partial charge in [0.15, 0.2) is 5.82 Å². The number of amides is 1. The molecular weight excluding hydrogens is 324 g/mol. The average molecular weight is 345 g/mol. The van der Waals surface area contributed by atoms with Gasteiger partial charge in [-0.05, 0) is 37.0 Å². The van der Waals surface area contributed by atoms with Gasteiger partial charge in [-0.1, -0.05) is 30.2 Å². The lowest BCUT2D eigenvalue weighted by Crippen LogP contribution is -2.49. The summed E-state index contributed by atoms with van der Waals surface area (Å²) in [4.78, 5) is 15.0. The maximum absolute atomic E-state index is 13.2. The van der Waals surface area contributed by atoms with Crippen LogP contribution in [0.5, 0.6) is 0 Å². The van der Waals surface area contributed by atoms with Crippen molar-refractivity contribution in [1.29, 1.82) is 0 Å². The van der Waals surface area contributed by atoms with E-state index in [4.69, 9.17) is 11.6 Å². The van der Waals surface area contributed by atoms with Crippen LogP contribution < -0.4 is 0 Å². The molecule has 0 atom stereocenters. The maximum Gasteiger partial charge on any atom is 0.233 e. The van der Waals surface area contributed by atoms with Crippen LogP contribution in [0.4, 0.5) is 0 Å². The third-order valence-electron chi connectivity index (χ3n) is 5.41. The van der Waals surface area contributed by atoms with Gasteiger partial charge in [-0.25, -0.2) is 0 Å². The lowest BCUT2D eigenvalue weighted by molar-refractivity contribution is -0.140. The predicted octanol–water partition coefficient (Wildman–Crippen LogP) is 2.96. The molecule has 0 saturated heterocycles. The number of aryl methyl sites for hydroxylation is 1. The van der Waals surface area contributed by atoms with Gasteiger partial charge in [0.05, 0.1) is 12.0 Å². The highest BCUT2D eigenvalue weighted by Gasteiger charge is 2.47. The second-order valence-electron chi connectivity index (χ2n) is 6.89. The van der Waals surface area contributed by atoms with E-state index in [0.717, 1.165) is 55.9 Å². The summed E-state index contributed by atoms with van der Waals surface area (Å²) in [5.41, 5.74) is 0.609. The van der Waals surface area contributed by atoms with Gasteiger partial charge in [-0.3, -0.25) is 4.79 Å². The van der Waals surface area contributed by atoms with Crippen LogP contribution in [0.15, 0.2) is 24.3 Å². The van der Waals surface area contributed by atoms with Crippen LogP contribution in [-0.2, 0) is 29.7 Å². The van der Waals surface area contributed by atoms with Gasteiger partial charge < -0.3 is 9.47 Å². The van der Waals surface area contributed by atoms with Crippen LogP contribution in [0.3, 0.4) is 0 Å². The summed E-state index contributed by atoms with van der Waals surface area (Å²) in [6, 6.07) is 7.73. The quantitative estimate of drug-likeness (QED) is 0.856. The number of likely N-dealkylation sites (N-methyl/N-ethyl adjacent to an activating group) is 1. The zero-order valence-electron chi connectivity index (χ0n) is 13.8. The van der Waals surface area contributed by atoms with Crippen molar-refractivity contribution >= 4 is 17.5 Å². The third kappa shape index (κ3) is 2.42. The number of hydrogen-bond acceptors (Lipinski definition) is 3. The smallest absolute Gasteiger partial charge is 0.233 e. The van der Waals surface area contributed by atoms with Gasteiger partial charge in [-0.2, -0.15) is 0 Å². The van der Waals surface area contributed by atoms with Gasteiger partial charge in [0.25, 0.3) is 0 Å². The lowest BCUT2D eigenvalue weighted by Gasteiger charge is -2.43. The number of nitrogens with zero attached hydrogens (tertiary/aromatic N) is 4. The van der Waals surface area contributed by atoms with Gasteiger partial charge in [0, 0.05) is 25.0 Å². The van der Waals surface area contributed by atoms with Crippen LogP contribution >= 0.6 is 11.6 Å². The highest BCUT2D eigenvalue weighted by molar-refractivity contribution is 6.30. The first-order chi connectivity index (χ1) is 11.6. The molecule has 1 aliphatic carbocycles. The standard InChI is InChI=1S/C18H21ClN4O/c1-22(12-16-21-20-15-7-3-10-23(15)16)17(24)18(8-4-9-18)13-5-2-6-14(19)11-13/h2,5-6,11H,3-4,7-10,12H2,1H3. The van der Waals surface area contributed by atoms with Gasteiger partial charge in [-0.15, -0.1) is 10.2 Å². The first-order valence-electron chi connectivity index (χ1n) is 8.53. The SMILES string of the molecule is CN(Cc1nnc2n1CCC2)C(=O)C1(c2cccc(Cl)c2)CCC1. The third-order valence-corrected chi connectivity index (χ3v) is 5.64. The molecule has 0 spiro atoms. The molecule has 24 heavy (non-hydrogen) atoms. The molecule has 0 radical (unpaired) electrons. The van der Waals surface area contributed by atoms with Crippen molar-refractivity contribution in [3.63, 3.8) is 0 Å². The minimum absolute atomic E-state index is 0.159. The molecule has 6 heteroatoms. The van der Waals surface area contributed by atoms with Crippen molar-refractivity contribution in [3.05, 3.63) is 46.5 Å². The first kappa shape index (κ1) is 15.6. The highest BCUT2D eigenvalue weighted by atomic mass is 35.5. The monoisotopic (exact) mass is 344 g/mol. The Balaban J connectivity index is 1.57. The summed E-state index contributed by atoms with van der Waals surface area (Å²) >= 11 is 6.15. The molecule has 0 bridgehead atoms. The zero-order chi connectivity index (χ0) is 16.7. The van der Waals surface area contributed by atoms with Crippen molar-refractivity contribution in [2.45, 2.75) is 50.6 Å². The summed E-state index contributed by atoms with van der Waals surface area (Å²) < 4.78 is 2.15. The number of carbonyl (C=O) groups is 1. The zero-order valence-corrected chi connectivity index (χ0v) is 14.6. The molecule has 1 aromatic carbocycles. The van der Waals surface area contributed by atoms with Gasteiger partial charge in [0.2, 0.25) is 5.91 Å². The van der Waals surface area contributed by atoms with Gasteiger partial charge >= 0.3 is 0 Å². The van der Waals surface area contributed by atoms with E-state index in [2.05, 4.69) is 14.8 Å². The van der Waals surface area contributed by atoms with E-state index in [-0.39, 0.29) is 5.91 Å². The molecule has 2 aliphatic rings. The number of benzene rings is 1. The van der Waals surface area contributed by atoms with E-state index in [0.29, 0.717) is 11.6 Å². The number of aromatic nitrogens is 3. The van der Waals surface area contributed by atoms with Crippen molar-refractivity contribution in [2.75, 3.05) is 7.05 Å². The van der Waals surface area contributed by atoms with Crippen LogP contribution in [0.1, 0.15) is 42.9 Å². The Morgan fingerprint density at radius 2 is 2.17 bits per heavy atom. The summed E-state index contributed by atoms with van der Waals surface area (Å²) in [6.45, 7) is 1.47. The minimum atomic E-state index is -0.423. The molecule has 2 aromatic rings. The van der Waals surface area contributed by atoms with Crippen molar-refractivity contribution in [1.82, 2.24) is 19.7 Å². The fourth-order valence-electron chi connectivity index (χ4n) is 3.92. The molecule has 1 aliphatic heterocycles. The van der Waals surface area contributed by atoms with E-state index in [1.165, 1.54) is 0 Å². The molecule has 0 N–H and O–H groups in total. The fourth-order valence-corrected chi connectivity index (χ4v) is 4.11. The van der Waals surface area contributed by atoms with E-state index in [1.54, 1.807) is 4.90 Å². The number of fused-ring (bicyclic) bond motifs is 1. The van der Waals surface area contributed by atoms with Crippen LogP contribution in [-0.4, -0.2) is 32.6 Å². The molecule has 5 nitrogen and oxygen atoms in total. The Hall–Kier alpha value is -1.88. The Kier molecular flexibility index (Phi) is 3.83. The maximum atomic E-state index is 13.2. The summed E-state index contributed by atoms with van der Waals surface area (Å²) in [5, 5.41) is 9.19. The number of halogens is 1. The number of hydrogen-bond donors (Lipinski definition) is 0. The molecule has 126 valence electrons. The van der Waals surface area contributed by atoms with Crippen molar-refractivity contribution in [3.8, 4) is 0 Å². The van der Waals surface area contributed by atoms with Crippen LogP contribution in [0.2, 0.25) is 5.02 Å². The summed E-state index contributed by atoms with van der Waals surface area (Å²) in [7, 11) is 1.86. The molecule has 0 unspecified atom stereocenters. The van der Waals surface area contributed by atoms with E-state index in [9.17, 15) is 4.79 Å². The first-order valence-corrected chi connectivity index (χ1v) is 8.90. The molecule has 1 amide bonds. The summed E-state index contributed by atoms with van der Waals surface area (Å²) in [5.74, 6) is 2.09. The average Bonchev–Trinajstić information content (AvgIpc) is 3.11. The Bertz CT molecular complexity index is 781. The van der Waals surface area contributed by atoms with Crippen molar-refractivity contribution in [2.24, 2.45) is 0 Å². The number of carbonyl (C=O) groups excluding carboxylic acids is 1.